The fraction of sp³-hybridized carbons (Fsp3) is 0.571. The van der Waals surface area contributed by atoms with Crippen LogP contribution in [0.2, 0.25) is 10.0 Å². The minimum Gasteiger partial charge on any atom is -0.319 e. The molecule has 0 saturated carbocycles. The van der Waals surface area contributed by atoms with Crippen molar-refractivity contribution in [3.8, 4) is 0 Å². The third kappa shape index (κ3) is 4.13. The lowest BCUT2D eigenvalue weighted by Gasteiger charge is -2.32. The van der Waals surface area contributed by atoms with Crippen molar-refractivity contribution < 1.29 is 0 Å². The highest BCUT2D eigenvalue weighted by Gasteiger charge is 2.19. The van der Waals surface area contributed by atoms with Gasteiger partial charge in [0.2, 0.25) is 0 Å². The molecule has 1 aromatic rings. The zero-order valence-corrected chi connectivity index (χ0v) is 12.3. The lowest BCUT2D eigenvalue weighted by Crippen LogP contribution is -2.38. The van der Waals surface area contributed by atoms with E-state index in [2.05, 4.69) is 10.2 Å². The van der Waals surface area contributed by atoms with E-state index in [0.29, 0.717) is 0 Å². The highest BCUT2D eigenvalue weighted by molar-refractivity contribution is 6.34. The number of benzene rings is 1. The Balaban J connectivity index is 1.95. The van der Waals surface area contributed by atoms with Gasteiger partial charge in [0.15, 0.2) is 0 Å². The summed E-state index contributed by atoms with van der Waals surface area (Å²) in [6, 6.07) is 5.80. The van der Waals surface area contributed by atoms with Crippen LogP contribution in [0, 0.1) is 5.92 Å². The van der Waals surface area contributed by atoms with Crippen molar-refractivity contribution >= 4 is 23.2 Å². The van der Waals surface area contributed by atoms with Gasteiger partial charge in [-0.15, -0.1) is 0 Å². The maximum Gasteiger partial charge on any atom is 0.0424 e. The Morgan fingerprint density at radius 3 is 2.67 bits per heavy atom. The molecule has 1 aliphatic rings. The second-order valence-electron chi connectivity index (χ2n) is 5.08. The minimum atomic E-state index is 0.723. The number of nitrogens with zero attached hydrogens (tertiary/aromatic N) is 1. The Morgan fingerprint density at radius 2 is 2.00 bits per heavy atom. The van der Waals surface area contributed by atoms with Crippen LogP contribution in [0.3, 0.4) is 0 Å². The van der Waals surface area contributed by atoms with Gasteiger partial charge in [-0.2, -0.15) is 0 Å². The summed E-state index contributed by atoms with van der Waals surface area (Å²) in [5.41, 5.74) is 1.21. The summed E-state index contributed by atoms with van der Waals surface area (Å²) in [4.78, 5) is 2.49. The molecule has 1 fully saturated rings. The lowest BCUT2D eigenvalue weighted by atomic mass is 9.97. The molecule has 1 atom stereocenters. The highest BCUT2D eigenvalue weighted by atomic mass is 35.5. The first-order valence-corrected chi connectivity index (χ1v) is 7.25. The predicted octanol–water partition coefficient (Wildman–Crippen LogP) is 3.42. The van der Waals surface area contributed by atoms with Gasteiger partial charge in [-0.05, 0) is 62.7 Å². The molecule has 0 bridgehead atoms. The summed E-state index contributed by atoms with van der Waals surface area (Å²) in [6.45, 7) is 4.38. The molecule has 100 valence electrons. The van der Waals surface area contributed by atoms with Crippen molar-refractivity contribution in [2.45, 2.75) is 19.4 Å². The zero-order chi connectivity index (χ0) is 13.0. The maximum atomic E-state index is 6.03. The van der Waals surface area contributed by atoms with E-state index in [9.17, 15) is 0 Å². The molecule has 0 radical (unpaired) electrons. The summed E-state index contributed by atoms with van der Waals surface area (Å²) < 4.78 is 0. The second kappa shape index (κ2) is 6.76. The van der Waals surface area contributed by atoms with Gasteiger partial charge in [0.25, 0.3) is 0 Å². The van der Waals surface area contributed by atoms with Crippen LogP contribution in [0.5, 0.6) is 0 Å². The number of likely N-dealkylation sites (tertiary alicyclic amines) is 1. The Morgan fingerprint density at radius 1 is 1.28 bits per heavy atom. The Bertz CT molecular complexity index is 373. The van der Waals surface area contributed by atoms with Crippen LogP contribution in [-0.4, -0.2) is 31.6 Å². The van der Waals surface area contributed by atoms with Crippen molar-refractivity contribution in [1.82, 2.24) is 10.2 Å². The normalized spacial score (nSPS) is 21.2. The highest BCUT2D eigenvalue weighted by Crippen LogP contribution is 2.22. The van der Waals surface area contributed by atoms with Crippen LogP contribution in [0.15, 0.2) is 18.2 Å². The lowest BCUT2D eigenvalue weighted by molar-refractivity contribution is 0.167. The van der Waals surface area contributed by atoms with Crippen molar-refractivity contribution in [3.63, 3.8) is 0 Å². The quantitative estimate of drug-likeness (QED) is 0.912. The van der Waals surface area contributed by atoms with E-state index in [4.69, 9.17) is 23.2 Å². The predicted molar refractivity (Wildman–Crippen MR) is 78.4 cm³/mol. The van der Waals surface area contributed by atoms with Crippen molar-refractivity contribution in [1.29, 1.82) is 0 Å². The van der Waals surface area contributed by atoms with Gasteiger partial charge >= 0.3 is 0 Å². The summed E-state index contributed by atoms with van der Waals surface area (Å²) in [7, 11) is 2.02. The third-order valence-corrected chi connectivity index (χ3v) is 3.86. The topological polar surface area (TPSA) is 15.3 Å². The molecule has 2 rings (SSSR count). The molecule has 1 N–H and O–H groups in total. The Labute approximate surface area is 119 Å². The fourth-order valence-electron chi connectivity index (χ4n) is 2.71. The Hall–Kier alpha value is -0.280. The van der Waals surface area contributed by atoms with Gasteiger partial charge in [0.1, 0.15) is 0 Å². The number of nitrogens with one attached hydrogen (secondary N) is 1. The molecule has 1 saturated heterocycles. The van der Waals surface area contributed by atoms with E-state index in [1.807, 2.05) is 19.2 Å². The van der Waals surface area contributed by atoms with E-state index in [0.717, 1.165) is 35.6 Å². The first-order chi connectivity index (χ1) is 8.67. The average molecular weight is 287 g/mol. The van der Waals surface area contributed by atoms with Crippen LogP contribution < -0.4 is 5.32 Å². The molecule has 1 aromatic carbocycles. The number of hydrogen-bond donors (Lipinski definition) is 1. The molecule has 1 heterocycles. The van der Waals surface area contributed by atoms with Gasteiger partial charge in [-0.25, -0.2) is 0 Å². The first kappa shape index (κ1) is 14.1. The van der Waals surface area contributed by atoms with Crippen LogP contribution in [-0.2, 0) is 6.54 Å². The molecule has 0 amide bonds. The van der Waals surface area contributed by atoms with E-state index in [1.165, 1.54) is 24.9 Å². The fourth-order valence-corrected chi connectivity index (χ4v) is 3.28. The standard InChI is InChI=1S/C14H20Cl2N2/c1-17-8-11-3-2-4-18(9-11)10-12-5-13(15)7-14(16)6-12/h5-7,11,17H,2-4,8-10H2,1H3. The van der Waals surface area contributed by atoms with Gasteiger partial charge in [-0.3, -0.25) is 4.90 Å². The molecule has 2 nitrogen and oxygen atoms in total. The van der Waals surface area contributed by atoms with E-state index >= 15 is 0 Å². The van der Waals surface area contributed by atoms with Crippen molar-refractivity contribution in [2.75, 3.05) is 26.7 Å². The molecule has 18 heavy (non-hydrogen) atoms. The van der Waals surface area contributed by atoms with Crippen LogP contribution >= 0.6 is 23.2 Å². The second-order valence-corrected chi connectivity index (χ2v) is 5.95. The van der Waals surface area contributed by atoms with Crippen molar-refractivity contribution in [3.05, 3.63) is 33.8 Å². The monoisotopic (exact) mass is 286 g/mol. The molecule has 1 aliphatic heterocycles. The molecular formula is C14H20Cl2N2. The van der Waals surface area contributed by atoms with E-state index < -0.39 is 0 Å². The molecule has 0 spiro atoms. The molecular weight excluding hydrogens is 267 g/mol. The molecule has 1 unspecified atom stereocenters. The largest absolute Gasteiger partial charge is 0.319 e. The van der Waals surface area contributed by atoms with Gasteiger partial charge < -0.3 is 5.32 Å². The number of piperidine rings is 1. The Kier molecular flexibility index (Phi) is 5.31. The van der Waals surface area contributed by atoms with E-state index in [1.54, 1.807) is 6.07 Å². The van der Waals surface area contributed by atoms with Crippen LogP contribution in [0.1, 0.15) is 18.4 Å². The summed E-state index contributed by atoms with van der Waals surface area (Å²) in [6.07, 6.45) is 2.61. The summed E-state index contributed by atoms with van der Waals surface area (Å²) in [5, 5.41) is 4.72. The molecule has 0 aromatic heterocycles. The van der Waals surface area contributed by atoms with Crippen LogP contribution in [0.4, 0.5) is 0 Å². The van der Waals surface area contributed by atoms with Crippen LogP contribution in [0.25, 0.3) is 0 Å². The maximum absolute atomic E-state index is 6.03. The van der Waals surface area contributed by atoms with Gasteiger partial charge in [-0.1, -0.05) is 23.2 Å². The first-order valence-electron chi connectivity index (χ1n) is 6.49. The minimum absolute atomic E-state index is 0.723. The molecule has 0 aliphatic carbocycles. The molecule has 4 heteroatoms. The van der Waals surface area contributed by atoms with Crippen molar-refractivity contribution in [2.24, 2.45) is 5.92 Å². The zero-order valence-electron chi connectivity index (χ0n) is 10.8. The summed E-state index contributed by atoms with van der Waals surface area (Å²) >= 11 is 12.1. The smallest absolute Gasteiger partial charge is 0.0424 e. The summed E-state index contributed by atoms with van der Waals surface area (Å²) in [5.74, 6) is 0.762. The number of halogens is 2. The number of hydrogen-bond acceptors (Lipinski definition) is 2. The van der Waals surface area contributed by atoms with E-state index in [-0.39, 0.29) is 0 Å². The van der Waals surface area contributed by atoms with Gasteiger partial charge in [0, 0.05) is 23.1 Å². The third-order valence-electron chi connectivity index (χ3n) is 3.42. The van der Waals surface area contributed by atoms with Gasteiger partial charge in [0.05, 0.1) is 0 Å². The number of rotatable bonds is 4. The SMILES string of the molecule is CNCC1CCCN(Cc2cc(Cl)cc(Cl)c2)C1. The average Bonchev–Trinajstić information content (AvgIpc) is 2.28.